The number of para-hydroxylation sites is 1. The highest BCUT2D eigenvalue weighted by molar-refractivity contribution is 7.80. The number of thiocarbonyl (C=S) groups is 1. The molecule has 0 amide bonds. The van der Waals surface area contributed by atoms with E-state index in [4.69, 9.17) is 26.4 Å². The number of aromatic hydroxyl groups is 1. The molecule has 0 spiro atoms. The summed E-state index contributed by atoms with van der Waals surface area (Å²) in [6.45, 7) is -1.79. The van der Waals surface area contributed by atoms with Crippen LogP contribution in [0.4, 0.5) is 15.8 Å². The number of halogens is 1. The number of aliphatic hydroxyl groups is 1. The second kappa shape index (κ2) is 11.7. The highest BCUT2D eigenvalue weighted by Gasteiger charge is 2.21. The summed E-state index contributed by atoms with van der Waals surface area (Å²) in [7, 11) is 2.66. The zero-order valence-electron chi connectivity index (χ0n) is 17.8. The van der Waals surface area contributed by atoms with E-state index in [-0.39, 0.29) is 30.0 Å². The Kier molecular flexibility index (Phi) is 8.77. The predicted octanol–water partition coefficient (Wildman–Crippen LogP) is 3.85. The molecule has 0 radical (unpaired) electrons. The molecule has 12 heteroatoms. The molecule has 2 unspecified atom stereocenters. The van der Waals surface area contributed by atoms with Gasteiger partial charge in [-0.25, -0.2) is 4.39 Å². The number of ether oxygens (including phenoxy) is 4. The fourth-order valence-corrected chi connectivity index (χ4v) is 3.09. The van der Waals surface area contributed by atoms with Gasteiger partial charge in [-0.2, -0.15) is 0 Å². The number of hydrogen-bond donors (Lipinski definition) is 3. The molecule has 1 heterocycles. The van der Waals surface area contributed by atoms with Crippen LogP contribution in [0.5, 0.6) is 5.88 Å². The number of aliphatic hydroxyl groups excluding tert-OH is 1. The standard InChI is InChI=1S/C21H23FN4O6S/c1-29-17(31-12-32-21(28)30-2)11-26-16-9-8-13(22)10-15(16)18(19(26)27)24-25-20(33)23-14-6-4-3-5-7-14/h3-10,17,21,27-28H,11-12H2,1-2H3,(H,23,33). The number of methoxy groups -OCH3 is 2. The molecule has 1 aromatic heterocycles. The van der Waals surface area contributed by atoms with Gasteiger partial charge in [0.1, 0.15) is 5.82 Å². The summed E-state index contributed by atoms with van der Waals surface area (Å²) in [5.74, 6) is -0.798. The van der Waals surface area contributed by atoms with Crippen molar-refractivity contribution in [1.82, 2.24) is 4.57 Å². The van der Waals surface area contributed by atoms with Crippen LogP contribution in [-0.4, -0.2) is 53.7 Å². The lowest BCUT2D eigenvalue weighted by Gasteiger charge is -2.19. The summed E-state index contributed by atoms with van der Waals surface area (Å²) in [6, 6.07) is 13.1. The van der Waals surface area contributed by atoms with Gasteiger partial charge in [-0.1, -0.05) is 18.2 Å². The van der Waals surface area contributed by atoms with Crippen molar-refractivity contribution in [2.24, 2.45) is 10.2 Å². The van der Waals surface area contributed by atoms with Crippen LogP contribution >= 0.6 is 12.2 Å². The highest BCUT2D eigenvalue weighted by Crippen LogP contribution is 2.39. The third-order valence-corrected chi connectivity index (χ3v) is 4.68. The normalized spacial score (nSPS) is 13.5. The molecule has 3 rings (SSSR count). The molecule has 0 saturated heterocycles. The number of aromatic nitrogens is 1. The molecule has 0 fully saturated rings. The van der Waals surface area contributed by atoms with Crippen LogP contribution < -0.4 is 5.32 Å². The minimum atomic E-state index is -1.45. The first kappa shape index (κ1) is 24.6. The van der Waals surface area contributed by atoms with Gasteiger partial charge in [-0.3, -0.25) is 0 Å². The predicted molar refractivity (Wildman–Crippen MR) is 122 cm³/mol. The maximum Gasteiger partial charge on any atom is 0.270 e. The lowest BCUT2D eigenvalue weighted by Crippen LogP contribution is -2.25. The van der Waals surface area contributed by atoms with Crippen LogP contribution in [0.15, 0.2) is 58.8 Å². The molecule has 0 bridgehead atoms. The molecule has 2 atom stereocenters. The van der Waals surface area contributed by atoms with Gasteiger partial charge in [-0.15, -0.1) is 10.2 Å². The van der Waals surface area contributed by atoms with Gasteiger partial charge in [-0.05, 0) is 42.5 Å². The minimum Gasteiger partial charge on any atom is -0.493 e. The Bertz CT molecular complexity index is 1110. The summed E-state index contributed by atoms with van der Waals surface area (Å²) in [5, 5.41) is 31.4. The van der Waals surface area contributed by atoms with Crippen LogP contribution in [0.25, 0.3) is 10.9 Å². The first-order chi connectivity index (χ1) is 15.9. The summed E-state index contributed by atoms with van der Waals surface area (Å²) in [6.07, 6.45) is -0.883. The molecular formula is C21H23FN4O6S. The van der Waals surface area contributed by atoms with Gasteiger partial charge in [0.25, 0.3) is 6.48 Å². The second-order valence-corrected chi connectivity index (χ2v) is 6.99. The minimum absolute atomic E-state index is 0.000858. The first-order valence-corrected chi connectivity index (χ1v) is 10.1. The zero-order chi connectivity index (χ0) is 23.8. The third kappa shape index (κ3) is 6.51. The Balaban J connectivity index is 1.83. The number of azo groups is 1. The van der Waals surface area contributed by atoms with Crippen molar-refractivity contribution in [2.75, 3.05) is 26.3 Å². The second-order valence-electron chi connectivity index (χ2n) is 6.60. The van der Waals surface area contributed by atoms with E-state index in [2.05, 4.69) is 20.3 Å². The maximum absolute atomic E-state index is 13.9. The van der Waals surface area contributed by atoms with Crippen LogP contribution in [0.3, 0.4) is 0 Å². The average molecular weight is 479 g/mol. The molecule has 0 aliphatic carbocycles. The molecule has 10 nitrogen and oxygen atoms in total. The number of nitrogens with zero attached hydrogens (tertiary/aromatic N) is 3. The van der Waals surface area contributed by atoms with Crippen LogP contribution in [0.1, 0.15) is 0 Å². The Hall–Kier alpha value is -3.00. The molecule has 0 saturated carbocycles. The van der Waals surface area contributed by atoms with Gasteiger partial charge in [0.15, 0.2) is 18.8 Å². The topological polar surface area (TPSA) is 119 Å². The fourth-order valence-electron chi connectivity index (χ4n) is 2.93. The zero-order valence-corrected chi connectivity index (χ0v) is 18.7. The molecular weight excluding hydrogens is 455 g/mol. The Morgan fingerprint density at radius 2 is 1.91 bits per heavy atom. The lowest BCUT2D eigenvalue weighted by molar-refractivity contribution is -0.302. The molecule has 3 N–H and O–H groups in total. The van der Waals surface area contributed by atoms with E-state index in [1.165, 1.54) is 37.0 Å². The van der Waals surface area contributed by atoms with E-state index in [1.54, 1.807) is 12.1 Å². The molecule has 33 heavy (non-hydrogen) atoms. The number of fused-ring (bicyclic) bond motifs is 1. The van der Waals surface area contributed by atoms with E-state index in [0.29, 0.717) is 10.9 Å². The summed E-state index contributed by atoms with van der Waals surface area (Å²) in [5.41, 5.74) is 1.22. The SMILES string of the molecule is COC(O)OCOC(Cn1c(O)c(N=NC(=S)Nc2ccccc2)c2cc(F)ccc21)OC. The van der Waals surface area contributed by atoms with E-state index in [9.17, 15) is 14.6 Å². The lowest BCUT2D eigenvalue weighted by atomic mass is 10.2. The summed E-state index contributed by atoms with van der Waals surface area (Å²) >= 11 is 5.18. The monoisotopic (exact) mass is 478 g/mol. The van der Waals surface area contributed by atoms with E-state index < -0.39 is 18.6 Å². The fraction of sp³-hybridized carbons (Fsp3) is 0.286. The number of hydrogen-bond acceptors (Lipinski definition) is 8. The average Bonchev–Trinajstić information content (AvgIpc) is 3.07. The van der Waals surface area contributed by atoms with Crippen molar-refractivity contribution in [2.45, 2.75) is 19.3 Å². The molecule has 3 aromatic rings. The van der Waals surface area contributed by atoms with E-state index in [1.807, 2.05) is 18.2 Å². The van der Waals surface area contributed by atoms with E-state index >= 15 is 0 Å². The van der Waals surface area contributed by atoms with Gasteiger partial charge >= 0.3 is 0 Å². The Morgan fingerprint density at radius 1 is 1.15 bits per heavy atom. The quantitative estimate of drug-likeness (QED) is 0.228. The largest absolute Gasteiger partial charge is 0.493 e. The number of rotatable bonds is 10. The van der Waals surface area contributed by atoms with Crippen molar-refractivity contribution in [3.8, 4) is 5.88 Å². The molecule has 2 aromatic carbocycles. The van der Waals surface area contributed by atoms with Crippen molar-refractivity contribution in [3.05, 3.63) is 54.3 Å². The summed E-state index contributed by atoms with van der Waals surface area (Å²) in [4.78, 5) is 0. The van der Waals surface area contributed by atoms with Crippen LogP contribution in [-0.2, 0) is 25.5 Å². The third-order valence-electron chi connectivity index (χ3n) is 4.50. The van der Waals surface area contributed by atoms with Crippen LogP contribution in [0, 0.1) is 5.82 Å². The molecule has 176 valence electrons. The number of anilines is 1. The van der Waals surface area contributed by atoms with Crippen molar-refractivity contribution < 1.29 is 33.6 Å². The van der Waals surface area contributed by atoms with Gasteiger partial charge < -0.3 is 39.0 Å². The van der Waals surface area contributed by atoms with Gasteiger partial charge in [0.2, 0.25) is 11.0 Å². The van der Waals surface area contributed by atoms with Gasteiger partial charge in [0.05, 0.1) is 12.1 Å². The van der Waals surface area contributed by atoms with Crippen molar-refractivity contribution in [1.29, 1.82) is 0 Å². The summed E-state index contributed by atoms with van der Waals surface area (Å²) < 4.78 is 35.4. The Morgan fingerprint density at radius 3 is 2.61 bits per heavy atom. The first-order valence-electron chi connectivity index (χ1n) is 9.68. The Labute approximate surface area is 194 Å². The molecule has 0 aliphatic heterocycles. The molecule has 0 aliphatic rings. The number of benzene rings is 2. The highest BCUT2D eigenvalue weighted by atomic mass is 32.1. The van der Waals surface area contributed by atoms with Crippen LogP contribution in [0.2, 0.25) is 0 Å². The van der Waals surface area contributed by atoms with Crippen molar-refractivity contribution in [3.63, 3.8) is 0 Å². The number of nitrogens with one attached hydrogen (secondary N) is 1. The van der Waals surface area contributed by atoms with E-state index in [0.717, 1.165) is 5.69 Å². The van der Waals surface area contributed by atoms with Crippen molar-refractivity contribution >= 4 is 39.6 Å². The van der Waals surface area contributed by atoms with Gasteiger partial charge in [0, 0.05) is 25.3 Å². The smallest absolute Gasteiger partial charge is 0.270 e. The maximum atomic E-state index is 13.9.